The van der Waals surface area contributed by atoms with Crippen LogP contribution in [-0.4, -0.2) is 38.7 Å². The minimum absolute atomic E-state index is 0.0465. The molecule has 2 aliphatic rings. The predicted molar refractivity (Wildman–Crippen MR) is 162 cm³/mol. The Kier molecular flexibility index (Phi) is 8.62. The van der Waals surface area contributed by atoms with Crippen LogP contribution in [0.2, 0.25) is 0 Å². The van der Waals surface area contributed by atoms with E-state index >= 15 is 0 Å². The van der Waals surface area contributed by atoms with Gasteiger partial charge in [-0.15, -0.1) is 0 Å². The van der Waals surface area contributed by atoms with Gasteiger partial charge in [0.05, 0.1) is 25.4 Å². The molecule has 1 aliphatic carbocycles. The number of hydrogen-bond acceptors (Lipinski definition) is 6. The van der Waals surface area contributed by atoms with Crippen molar-refractivity contribution in [2.75, 3.05) is 7.11 Å². The van der Waals surface area contributed by atoms with Crippen LogP contribution in [-0.2, 0) is 22.6 Å². The number of hydrogen-bond donors (Lipinski definition) is 1. The van der Waals surface area contributed by atoms with Crippen LogP contribution in [0.25, 0.3) is 11.1 Å². The van der Waals surface area contributed by atoms with E-state index < -0.39 is 33.8 Å². The summed E-state index contributed by atoms with van der Waals surface area (Å²) in [4.78, 5) is 15.8. The molecule has 0 amide bonds. The van der Waals surface area contributed by atoms with E-state index in [0.29, 0.717) is 22.6 Å². The van der Waals surface area contributed by atoms with E-state index in [-0.39, 0.29) is 17.9 Å². The largest absolute Gasteiger partial charge is 0.591 e. The molecule has 7 nitrogen and oxygen atoms in total. The summed E-state index contributed by atoms with van der Waals surface area (Å²) in [6.45, 7) is 7.32. The normalized spacial score (nSPS) is 19.1. The van der Waals surface area contributed by atoms with Gasteiger partial charge in [0.2, 0.25) is 5.88 Å². The van der Waals surface area contributed by atoms with E-state index in [1.54, 1.807) is 6.92 Å². The first-order valence-electron chi connectivity index (χ1n) is 14.3. The number of carboxylic acids is 1. The molecular formula is C33H37FN2O5S. The van der Waals surface area contributed by atoms with E-state index in [1.807, 2.05) is 45.0 Å². The number of nitrogens with zero attached hydrogens (tertiary/aromatic N) is 2. The number of pyridine rings is 1. The number of carbonyl (C=O) groups is 1. The zero-order chi connectivity index (χ0) is 30.2. The number of halogens is 1. The molecule has 1 aliphatic heterocycles. The third kappa shape index (κ3) is 6.47. The minimum atomic E-state index is -1.50. The third-order valence-corrected chi connectivity index (χ3v) is 9.41. The molecule has 0 unspecified atom stereocenters. The first-order valence-corrected chi connectivity index (χ1v) is 15.4. The number of carboxylic acid groups (broad SMARTS) is 1. The van der Waals surface area contributed by atoms with Crippen molar-refractivity contribution in [3.63, 3.8) is 0 Å². The van der Waals surface area contributed by atoms with Gasteiger partial charge in [-0.2, -0.15) is 0 Å². The van der Waals surface area contributed by atoms with Gasteiger partial charge >= 0.3 is 5.97 Å². The summed E-state index contributed by atoms with van der Waals surface area (Å²) in [5, 5.41) is 9.72. The molecule has 0 saturated heterocycles. The quantitative estimate of drug-likeness (QED) is 0.211. The molecule has 9 heteroatoms. The number of rotatable bonds is 9. The number of aliphatic carboxylic acids is 1. The number of fused-ring (bicyclic) bond motifs is 1. The summed E-state index contributed by atoms with van der Waals surface area (Å²) in [6, 6.07) is 13.3. The summed E-state index contributed by atoms with van der Waals surface area (Å²) in [5.74, 6) is -0.384. The Morgan fingerprint density at radius 1 is 1.19 bits per heavy atom. The van der Waals surface area contributed by atoms with Gasteiger partial charge in [-0.1, -0.05) is 35.6 Å². The minimum Gasteiger partial charge on any atom is -0.591 e. The van der Waals surface area contributed by atoms with Crippen LogP contribution in [0.1, 0.15) is 81.2 Å². The Balaban J connectivity index is 1.49. The number of aryl methyl sites for hydroxylation is 1. The molecule has 0 bridgehead atoms. The second-order valence-corrected chi connectivity index (χ2v) is 14.1. The van der Waals surface area contributed by atoms with E-state index in [0.717, 1.165) is 54.3 Å². The highest BCUT2D eigenvalue weighted by Gasteiger charge is 2.39. The lowest BCUT2D eigenvalue weighted by molar-refractivity contribution is -0.142. The van der Waals surface area contributed by atoms with Gasteiger partial charge in [0, 0.05) is 17.2 Å². The number of aromatic nitrogens is 1. The van der Waals surface area contributed by atoms with Crippen molar-refractivity contribution < 1.29 is 28.3 Å². The van der Waals surface area contributed by atoms with Crippen molar-refractivity contribution >= 4 is 23.5 Å². The van der Waals surface area contributed by atoms with Crippen molar-refractivity contribution in [3.8, 4) is 22.8 Å². The van der Waals surface area contributed by atoms with Crippen LogP contribution in [0.5, 0.6) is 11.6 Å². The number of benzene rings is 2. The summed E-state index contributed by atoms with van der Waals surface area (Å²) in [6.07, 6.45) is 6.02. The van der Waals surface area contributed by atoms with Gasteiger partial charge < -0.3 is 19.1 Å². The Morgan fingerprint density at radius 3 is 2.62 bits per heavy atom. The molecule has 1 saturated carbocycles. The molecule has 1 fully saturated rings. The molecule has 2 heterocycles. The number of ether oxygens (including phenoxy) is 2. The number of methoxy groups -OCH3 is 1. The van der Waals surface area contributed by atoms with Crippen molar-refractivity contribution in [2.24, 2.45) is 16.2 Å². The average molecular weight is 593 g/mol. The zero-order valence-corrected chi connectivity index (χ0v) is 25.4. The smallest absolute Gasteiger partial charge is 0.306 e. The van der Waals surface area contributed by atoms with Crippen LogP contribution in [0.3, 0.4) is 0 Å². The van der Waals surface area contributed by atoms with Crippen LogP contribution < -0.4 is 9.47 Å². The van der Waals surface area contributed by atoms with Crippen LogP contribution in [0.15, 0.2) is 53.1 Å². The molecule has 222 valence electrons. The van der Waals surface area contributed by atoms with E-state index in [1.165, 1.54) is 19.4 Å². The molecule has 5 rings (SSSR count). The molecule has 0 spiro atoms. The van der Waals surface area contributed by atoms with Gasteiger partial charge in [0.25, 0.3) is 0 Å². The molecule has 42 heavy (non-hydrogen) atoms. The van der Waals surface area contributed by atoms with Crippen molar-refractivity contribution in [1.82, 2.24) is 4.98 Å². The van der Waals surface area contributed by atoms with Crippen molar-refractivity contribution in [1.29, 1.82) is 0 Å². The van der Waals surface area contributed by atoms with E-state index in [9.17, 15) is 18.8 Å². The summed E-state index contributed by atoms with van der Waals surface area (Å²) < 4.78 is 43.2. The van der Waals surface area contributed by atoms with Crippen LogP contribution in [0.4, 0.5) is 4.39 Å². The van der Waals surface area contributed by atoms with Crippen LogP contribution >= 0.6 is 0 Å². The first kappa shape index (κ1) is 30.0. The second-order valence-electron chi connectivity index (χ2n) is 12.2. The fourth-order valence-electron chi connectivity index (χ4n) is 5.54. The Hall–Kier alpha value is -3.43. The van der Waals surface area contributed by atoms with Crippen molar-refractivity contribution in [3.05, 3.63) is 76.7 Å². The molecule has 3 aromatic rings. The Morgan fingerprint density at radius 2 is 1.95 bits per heavy atom. The zero-order valence-electron chi connectivity index (χ0n) is 24.6. The van der Waals surface area contributed by atoms with Gasteiger partial charge in [-0.05, 0) is 92.7 Å². The molecule has 0 radical (unpaired) electrons. The fourth-order valence-corrected chi connectivity index (χ4v) is 6.07. The second kappa shape index (κ2) is 12.1. The van der Waals surface area contributed by atoms with Crippen LogP contribution in [0, 0.1) is 17.7 Å². The fraction of sp³-hybridized carbons (Fsp3) is 0.424. The molecular weight excluding hydrogens is 555 g/mol. The average Bonchev–Trinajstić information content (AvgIpc) is 3.80. The highest BCUT2D eigenvalue weighted by Crippen LogP contribution is 2.48. The summed E-state index contributed by atoms with van der Waals surface area (Å²) in [5.41, 5.74) is 4.45. The lowest BCUT2D eigenvalue weighted by Gasteiger charge is -2.29. The maximum atomic E-state index is 15.0. The molecule has 1 aromatic heterocycles. The van der Waals surface area contributed by atoms with Gasteiger partial charge in [0.15, 0.2) is 0 Å². The van der Waals surface area contributed by atoms with E-state index in [2.05, 4.69) is 21.5 Å². The SMILES string of the molecule is COc1cc(-c2ccc([C@H]3CCc4ccc([C@H](C5CC5)[C@H](C)C(=O)O)cc4O3)cc2C=N[S@@+]([O-])C(C)(C)C)c(F)cn1. The maximum Gasteiger partial charge on any atom is 0.306 e. The Labute approximate surface area is 249 Å². The highest BCUT2D eigenvalue weighted by molar-refractivity contribution is 7.91. The van der Waals surface area contributed by atoms with Crippen molar-refractivity contribution in [2.45, 2.75) is 70.1 Å². The first-order chi connectivity index (χ1) is 20.0. The maximum absolute atomic E-state index is 15.0. The summed E-state index contributed by atoms with van der Waals surface area (Å²) in [7, 11) is 1.47. The molecule has 4 atom stereocenters. The highest BCUT2D eigenvalue weighted by atomic mass is 32.2. The lowest BCUT2D eigenvalue weighted by atomic mass is 9.82. The Bertz CT molecular complexity index is 1500. The molecule has 2 aromatic carbocycles. The standard InChI is InChI=1S/C33H37FN2O5S/c1-19(32(37)38)31(21-7-8-21)23-9-6-20-11-13-28(41-29(20)15-23)22-10-12-25(26-16-30(40-5)35-18-27(26)34)24(14-22)17-36-42(39)33(2,3)4/h6,9-10,12,14-19,21,28,31H,7-8,11,13H2,1-5H3,(H,37,38)/t19-,28+,31-,42-/m0/s1. The lowest BCUT2D eigenvalue weighted by Crippen LogP contribution is -2.25. The van der Waals surface area contributed by atoms with E-state index in [4.69, 9.17) is 9.47 Å². The third-order valence-electron chi connectivity index (χ3n) is 8.07. The van der Waals surface area contributed by atoms with Gasteiger partial charge in [-0.3, -0.25) is 4.79 Å². The molecule has 1 N–H and O–H groups in total. The predicted octanol–water partition coefficient (Wildman–Crippen LogP) is 7.06. The van der Waals surface area contributed by atoms with Gasteiger partial charge in [-0.25, -0.2) is 9.37 Å². The topological polar surface area (TPSA) is 104 Å². The summed E-state index contributed by atoms with van der Waals surface area (Å²) >= 11 is -1.50. The van der Waals surface area contributed by atoms with Gasteiger partial charge in [0.1, 0.15) is 33.8 Å². The monoisotopic (exact) mass is 592 g/mol.